The van der Waals surface area contributed by atoms with Crippen molar-refractivity contribution in [2.45, 2.75) is 0 Å². The van der Waals surface area contributed by atoms with Crippen LogP contribution in [0.4, 0.5) is 0 Å². The summed E-state index contributed by atoms with van der Waals surface area (Å²) in [6.45, 7) is 0. The molecule has 0 heterocycles. The summed E-state index contributed by atoms with van der Waals surface area (Å²) in [5.41, 5.74) is 0. The molecule has 2 aromatic carbocycles. The van der Waals surface area contributed by atoms with Crippen LogP contribution in [-0.2, 0) is 0 Å². The van der Waals surface area contributed by atoms with Crippen LogP contribution in [0.3, 0.4) is 0 Å². The molecule has 2 nitrogen and oxygen atoms in total. The van der Waals surface area contributed by atoms with Gasteiger partial charge in [0.05, 0.1) is 0 Å². The van der Waals surface area contributed by atoms with E-state index in [0.717, 1.165) is 0 Å². The van der Waals surface area contributed by atoms with Gasteiger partial charge in [-0.3, -0.25) is 0 Å². The van der Waals surface area contributed by atoms with E-state index in [0.29, 0.717) is 11.5 Å². The number of hydrogen-bond donors (Lipinski definition) is 2. The first-order chi connectivity index (χ1) is 6.79. The third kappa shape index (κ3) is 9.28. The van der Waals surface area contributed by atoms with Gasteiger partial charge in [0.2, 0.25) is 0 Å². The van der Waals surface area contributed by atoms with E-state index in [9.17, 15) is 0 Å². The molecule has 2 radical (unpaired) electrons. The zero-order valence-corrected chi connectivity index (χ0v) is 13.7. The first-order valence-electron chi connectivity index (χ1n) is 4.27. The summed E-state index contributed by atoms with van der Waals surface area (Å²) in [6.07, 6.45) is 0. The smallest absolute Gasteiger partial charge is 0.115 e. The van der Waals surface area contributed by atoms with E-state index in [1.54, 1.807) is 48.5 Å². The second kappa shape index (κ2) is 11.5. The maximum atomic E-state index is 8.63. The molecule has 0 spiro atoms. The zero-order valence-electron chi connectivity index (χ0n) is 9.67. The average Bonchev–Trinajstić information content (AvgIpc) is 2.21. The molecule has 0 saturated heterocycles. The van der Waals surface area contributed by atoms with Crippen molar-refractivity contribution in [3.05, 3.63) is 60.7 Å². The van der Waals surface area contributed by atoms with E-state index in [2.05, 4.69) is 0 Å². The fourth-order valence-electron chi connectivity index (χ4n) is 0.856. The maximum absolute atomic E-state index is 8.63. The summed E-state index contributed by atoms with van der Waals surface area (Å²) in [4.78, 5) is 0. The maximum Gasteiger partial charge on any atom is 0.115 e. The van der Waals surface area contributed by atoms with Gasteiger partial charge in [-0.25, -0.2) is 0 Å². The Morgan fingerprint density at radius 2 is 0.750 bits per heavy atom. The topological polar surface area (TPSA) is 40.5 Å². The summed E-state index contributed by atoms with van der Waals surface area (Å²) in [5, 5.41) is 17.3. The summed E-state index contributed by atoms with van der Waals surface area (Å²) >= 11 is 0. The molecular weight excluding hydrogens is 222 g/mol. The van der Waals surface area contributed by atoms with Gasteiger partial charge in [-0.05, 0) is 24.3 Å². The van der Waals surface area contributed by atoms with Crippen molar-refractivity contribution in [3.63, 3.8) is 0 Å². The molecule has 74 valence electrons. The van der Waals surface area contributed by atoms with Crippen LogP contribution in [-0.4, -0.2) is 69.3 Å². The van der Waals surface area contributed by atoms with Crippen LogP contribution >= 0.6 is 0 Å². The average molecular weight is 234 g/mol. The second-order valence-electron chi connectivity index (χ2n) is 2.67. The van der Waals surface area contributed by atoms with Gasteiger partial charge in [0.25, 0.3) is 0 Å². The molecule has 0 aromatic heterocycles. The fourth-order valence-corrected chi connectivity index (χ4v) is 0.856. The third-order valence-corrected chi connectivity index (χ3v) is 1.51. The molecule has 0 atom stereocenters. The number of para-hydroxylation sites is 2. The molecule has 0 amide bonds. The number of phenols is 2. The number of benzene rings is 2. The molecule has 0 aliphatic rings. The molecule has 16 heavy (non-hydrogen) atoms. The van der Waals surface area contributed by atoms with Crippen molar-refractivity contribution in [1.29, 1.82) is 0 Å². The molecule has 2 aromatic rings. The standard InChI is InChI=1S/2C6H6O.2Na/c2*7-6-4-2-1-3-5-6;;/h2*1-5,7H;;. The van der Waals surface area contributed by atoms with Gasteiger partial charge in [0.1, 0.15) is 11.5 Å². The van der Waals surface area contributed by atoms with E-state index in [4.69, 9.17) is 10.2 Å². The quantitative estimate of drug-likeness (QED) is 0.685. The summed E-state index contributed by atoms with van der Waals surface area (Å²) in [7, 11) is 0. The van der Waals surface area contributed by atoms with E-state index in [1.807, 2.05) is 12.1 Å². The van der Waals surface area contributed by atoms with Crippen LogP contribution in [0.25, 0.3) is 0 Å². The largest absolute Gasteiger partial charge is 0.508 e. The Bertz CT molecular complexity index is 314. The van der Waals surface area contributed by atoms with Gasteiger partial charge in [0, 0.05) is 59.1 Å². The summed E-state index contributed by atoms with van der Waals surface area (Å²) in [6, 6.07) is 17.4. The zero-order chi connectivity index (χ0) is 10.2. The van der Waals surface area contributed by atoms with Gasteiger partial charge in [-0.2, -0.15) is 0 Å². The first kappa shape index (κ1) is 18.4. The minimum atomic E-state index is 0. The van der Waals surface area contributed by atoms with Crippen LogP contribution in [0.2, 0.25) is 0 Å². The molecule has 2 N–H and O–H groups in total. The van der Waals surface area contributed by atoms with Crippen LogP contribution < -0.4 is 0 Å². The van der Waals surface area contributed by atoms with Gasteiger partial charge >= 0.3 is 0 Å². The number of hydrogen-bond acceptors (Lipinski definition) is 2. The predicted molar refractivity (Wildman–Crippen MR) is 67.7 cm³/mol. The van der Waals surface area contributed by atoms with E-state index in [1.165, 1.54) is 0 Å². The van der Waals surface area contributed by atoms with Crippen molar-refractivity contribution >= 4 is 59.1 Å². The van der Waals surface area contributed by atoms with Crippen molar-refractivity contribution in [2.24, 2.45) is 0 Å². The summed E-state index contributed by atoms with van der Waals surface area (Å²) in [5.74, 6) is 0.644. The van der Waals surface area contributed by atoms with Crippen LogP contribution in [0.15, 0.2) is 60.7 Å². The van der Waals surface area contributed by atoms with Gasteiger partial charge in [0.15, 0.2) is 0 Å². The Morgan fingerprint density at radius 3 is 0.875 bits per heavy atom. The molecule has 4 heteroatoms. The van der Waals surface area contributed by atoms with E-state index < -0.39 is 0 Å². The van der Waals surface area contributed by atoms with Crippen molar-refractivity contribution in [2.75, 3.05) is 0 Å². The number of phenolic OH excluding ortho intramolecular Hbond substituents is 2. The fraction of sp³-hybridized carbons (Fsp3) is 0. The Balaban J connectivity index is 0. The van der Waals surface area contributed by atoms with Gasteiger partial charge < -0.3 is 10.2 Å². The van der Waals surface area contributed by atoms with Crippen LogP contribution in [0.5, 0.6) is 11.5 Å². The molecule has 2 rings (SSSR count). The number of aromatic hydroxyl groups is 2. The first-order valence-corrected chi connectivity index (χ1v) is 4.27. The Morgan fingerprint density at radius 1 is 0.500 bits per heavy atom. The van der Waals surface area contributed by atoms with E-state index in [-0.39, 0.29) is 59.1 Å². The SMILES string of the molecule is Oc1ccccc1.Oc1ccccc1.[Na].[Na]. The molecule has 0 aliphatic heterocycles. The summed E-state index contributed by atoms with van der Waals surface area (Å²) < 4.78 is 0. The van der Waals surface area contributed by atoms with Crippen LogP contribution in [0, 0.1) is 0 Å². The van der Waals surface area contributed by atoms with Crippen molar-refractivity contribution in [1.82, 2.24) is 0 Å². The normalized spacial score (nSPS) is 7.50. The monoisotopic (exact) mass is 234 g/mol. The predicted octanol–water partition coefficient (Wildman–Crippen LogP) is 2.02. The Hall–Kier alpha value is 0.0400. The Labute approximate surface area is 140 Å². The molecule has 0 saturated carbocycles. The molecule has 0 unspecified atom stereocenters. The molecular formula is C12H12Na2O2. The minimum Gasteiger partial charge on any atom is -0.508 e. The molecule has 0 fully saturated rings. The molecule has 0 aliphatic carbocycles. The van der Waals surface area contributed by atoms with Crippen molar-refractivity contribution in [3.8, 4) is 11.5 Å². The number of rotatable bonds is 0. The molecule has 0 bridgehead atoms. The van der Waals surface area contributed by atoms with Crippen molar-refractivity contribution < 1.29 is 10.2 Å². The van der Waals surface area contributed by atoms with Gasteiger partial charge in [-0.1, -0.05) is 36.4 Å². The van der Waals surface area contributed by atoms with Gasteiger partial charge in [-0.15, -0.1) is 0 Å². The third-order valence-electron chi connectivity index (χ3n) is 1.51. The van der Waals surface area contributed by atoms with Crippen LogP contribution in [0.1, 0.15) is 0 Å². The second-order valence-corrected chi connectivity index (χ2v) is 2.67. The minimum absolute atomic E-state index is 0. The Kier molecular flexibility index (Phi) is 13.3. The van der Waals surface area contributed by atoms with E-state index >= 15 is 0 Å².